The lowest BCUT2D eigenvalue weighted by Gasteiger charge is -2.37. The Hall–Kier alpha value is -0.0400. The van der Waals surface area contributed by atoms with Gasteiger partial charge in [-0.15, -0.1) is 24.0 Å². The lowest BCUT2D eigenvalue weighted by Crippen LogP contribution is -2.53. The zero-order chi connectivity index (χ0) is 14.4. The molecule has 0 spiro atoms. The second-order valence-corrected chi connectivity index (χ2v) is 6.65. The van der Waals surface area contributed by atoms with Crippen LogP contribution in [0.1, 0.15) is 40.0 Å². The summed E-state index contributed by atoms with van der Waals surface area (Å²) in [7, 11) is 0. The van der Waals surface area contributed by atoms with Gasteiger partial charge in [0.2, 0.25) is 0 Å². The molecule has 2 rings (SSSR count). The van der Waals surface area contributed by atoms with Crippen LogP contribution >= 0.6 is 24.0 Å². The smallest absolute Gasteiger partial charge is 0.194 e. The van der Waals surface area contributed by atoms with E-state index in [0.717, 1.165) is 44.0 Å². The summed E-state index contributed by atoms with van der Waals surface area (Å²) in [5.41, 5.74) is 0. The largest absolute Gasteiger partial charge is 0.357 e. The molecule has 0 radical (unpaired) electrons. The molecule has 1 aliphatic heterocycles. The van der Waals surface area contributed by atoms with Crippen molar-refractivity contribution in [1.82, 2.24) is 15.1 Å². The average molecular weight is 408 g/mol. The molecule has 1 N–H and O–H groups in total. The van der Waals surface area contributed by atoms with E-state index in [1.54, 1.807) is 0 Å². The van der Waals surface area contributed by atoms with Crippen LogP contribution in [0.25, 0.3) is 0 Å². The van der Waals surface area contributed by atoms with Crippen LogP contribution in [0.2, 0.25) is 0 Å². The molecule has 0 aromatic heterocycles. The SMILES string of the molecule is CCNC(=NCCC1CC1)N1CCN(CC(C)C)CC1.I. The summed E-state index contributed by atoms with van der Waals surface area (Å²) < 4.78 is 0. The zero-order valence-electron chi connectivity index (χ0n) is 14.0. The van der Waals surface area contributed by atoms with Crippen LogP contribution in [0.15, 0.2) is 4.99 Å². The molecule has 4 nitrogen and oxygen atoms in total. The highest BCUT2D eigenvalue weighted by atomic mass is 127. The number of halogens is 1. The average Bonchev–Trinajstić information content (AvgIpc) is 3.22. The van der Waals surface area contributed by atoms with Crippen molar-refractivity contribution in [2.24, 2.45) is 16.8 Å². The van der Waals surface area contributed by atoms with Crippen molar-refractivity contribution in [3.63, 3.8) is 0 Å². The lowest BCUT2D eigenvalue weighted by molar-refractivity contribution is 0.164. The van der Waals surface area contributed by atoms with Crippen LogP contribution in [-0.2, 0) is 0 Å². The second-order valence-electron chi connectivity index (χ2n) is 6.65. The van der Waals surface area contributed by atoms with Gasteiger partial charge in [-0.25, -0.2) is 0 Å². The first-order valence-corrected chi connectivity index (χ1v) is 8.44. The molecule has 0 bridgehead atoms. The fourth-order valence-electron chi connectivity index (χ4n) is 2.84. The van der Waals surface area contributed by atoms with Gasteiger partial charge >= 0.3 is 0 Å². The normalized spacial score (nSPS) is 20.6. The van der Waals surface area contributed by atoms with Crippen molar-refractivity contribution in [3.05, 3.63) is 0 Å². The molecule has 0 amide bonds. The van der Waals surface area contributed by atoms with E-state index in [4.69, 9.17) is 4.99 Å². The van der Waals surface area contributed by atoms with Crippen molar-refractivity contribution in [3.8, 4) is 0 Å². The maximum absolute atomic E-state index is 4.82. The first kappa shape index (κ1) is 19.0. The highest BCUT2D eigenvalue weighted by molar-refractivity contribution is 14.0. The highest BCUT2D eigenvalue weighted by Crippen LogP contribution is 2.32. The van der Waals surface area contributed by atoms with Crippen molar-refractivity contribution >= 4 is 29.9 Å². The van der Waals surface area contributed by atoms with Gasteiger partial charge in [-0.3, -0.25) is 9.89 Å². The van der Waals surface area contributed by atoms with Gasteiger partial charge in [-0.05, 0) is 25.2 Å². The minimum absolute atomic E-state index is 0. The number of guanidine groups is 1. The Morgan fingerprint density at radius 1 is 1.19 bits per heavy atom. The van der Waals surface area contributed by atoms with E-state index >= 15 is 0 Å². The Kier molecular flexibility index (Phi) is 8.94. The lowest BCUT2D eigenvalue weighted by atomic mass is 10.2. The molecule has 1 saturated carbocycles. The van der Waals surface area contributed by atoms with Crippen LogP contribution in [0.3, 0.4) is 0 Å². The van der Waals surface area contributed by atoms with E-state index in [1.165, 1.54) is 38.9 Å². The van der Waals surface area contributed by atoms with Crippen molar-refractivity contribution in [2.45, 2.75) is 40.0 Å². The fraction of sp³-hybridized carbons (Fsp3) is 0.938. The van der Waals surface area contributed by atoms with Crippen LogP contribution in [0.5, 0.6) is 0 Å². The van der Waals surface area contributed by atoms with Gasteiger partial charge in [0.25, 0.3) is 0 Å². The molecule has 5 heteroatoms. The van der Waals surface area contributed by atoms with Gasteiger partial charge < -0.3 is 10.2 Å². The predicted octanol–water partition coefficient (Wildman–Crippen LogP) is 2.64. The molecular weight excluding hydrogens is 375 g/mol. The zero-order valence-corrected chi connectivity index (χ0v) is 16.3. The standard InChI is InChI=1S/C16H32N4.HI/c1-4-17-16(18-8-7-15-5-6-15)20-11-9-19(10-12-20)13-14(2)3;/h14-15H,4-13H2,1-3H3,(H,17,18);1H. The topological polar surface area (TPSA) is 30.9 Å². The number of aliphatic imine (C=N–C) groups is 1. The molecule has 1 heterocycles. The van der Waals surface area contributed by atoms with Gasteiger partial charge in [0.05, 0.1) is 0 Å². The first-order chi connectivity index (χ1) is 9.69. The van der Waals surface area contributed by atoms with Gasteiger partial charge in [0.1, 0.15) is 0 Å². The number of nitrogens with one attached hydrogen (secondary N) is 1. The van der Waals surface area contributed by atoms with Crippen LogP contribution in [0.4, 0.5) is 0 Å². The third-order valence-corrected chi connectivity index (χ3v) is 4.13. The van der Waals surface area contributed by atoms with Crippen molar-refractivity contribution in [1.29, 1.82) is 0 Å². The van der Waals surface area contributed by atoms with E-state index < -0.39 is 0 Å². The first-order valence-electron chi connectivity index (χ1n) is 8.44. The third kappa shape index (κ3) is 7.17. The van der Waals surface area contributed by atoms with E-state index in [9.17, 15) is 0 Å². The summed E-state index contributed by atoms with van der Waals surface area (Å²) in [5.74, 6) is 2.88. The van der Waals surface area contributed by atoms with Crippen molar-refractivity contribution in [2.75, 3.05) is 45.8 Å². The second kappa shape index (κ2) is 9.87. The van der Waals surface area contributed by atoms with Gasteiger partial charge in [0, 0.05) is 45.8 Å². The molecule has 124 valence electrons. The summed E-state index contributed by atoms with van der Waals surface area (Å²) in [5, 5.41) is 3.46. The number of nitrogens with zero attached hydrogens (tertiary/aromatic N) is 3. The number of rotatable bonds is 6. The Balaban J connectivity index is 0.00000220. The number of hydrogen-bond acceptors (Lipinski definition) is 2. The Bertz CT molecular complexity index is 307. The summed E-state index contributed by atoms with van der Waals surface area (Å²) in [4.78, 5) is 9.83. The Morgan fingerprint density at radius 2 is 1.86 bits per heavy atom. The summed E-state index contributed by atoms with van der Waals surface area (Å²) in [6.45, 7) is 14.5. The van der Waals surface area contributed by atoms with Crippen LogP contribution in [-0.4, -0.2) is 61.6 Å². The summed E-state index contributed by atoms with van der Waals surface area (Å²) in [6.07, 6.45) is 4.14. The minimum Gasteiger partial charge on any atom is -0.357 e. The predicted molar refractivity (Wildman–Crippen MR) is 102 cm³/mol. The quantitative estimate of drug-likeness (QED) is 0.417. The molecule has 21 heavy (non-hydrogen) atoms. The molecule has 0 aromatic rings. The van der Waals surface area contributed by atoms with Gasteiger partial charge in [0.15, 0.2) is 5.96 Å². The Labute approximate surface area is 147 Å². The van der Waals surface area contributed by atoms with Crippen molar-refractivity contribution < 1.29 is 0 Å². The number of piperazine rings is 1. The summed E-state index contributed by atoms with van der Waals surface area (Å²) in [6, 6.07) is 0. The monoisotopic (exact) mass is 408 g/mol. The van der Waals surface area contributed by atoms with E-state index in [-0.39, 0.29) is 24.0 Å². The minimum atomic E-state index is 0. The molecule has 0 atom stereocenters. The maximum Gasteiger partial charge on any atom is 0.194 e. The third-order valence-electron chi connectivity index (χ3n) is 4.13. The van der Waals surface area contributed by atoms with Crippen LogP contribution in [0, 0.1) is 11.8 Å². The molecule has 0 unspecified atom stereocenters. The van der Waals surface area contributed by atoms with Crippen LogP contribution < -0.4 is 5.32 Å². The molecular formula is C16H33IN4. The molecule has 1 saturated heterocycles. The number of hydrogen-bond donors (Lipinski definition) is 1. The molecule has 1 aliphatic carbocycles. The van der Waals surface area contributed by atoms with E-state index in [2.05, 4.69) is 35.9 Å². The van der Waals surface area contributed by atoms with Gasteiger partial charge in [-0.1, -0.05) is 26.7 Å². The molecule has 0 aromatic carbocycles. The Morgan fingerprint density at radius 3 is 2.38 bits per heavy atom. The van der Waals surface area contributed by atoms with Gasteiger partial charge in [-0.2, -0.15) is 0 Å². The van der Waals surface area contributed by atoms with E-state index in [1.807, 2.05) is 0 Å². The molecule has 2 aliphatic rings. The maximum atomic E-state index is 4.82. The summed E-state index contributed by atoms with van der Waals surface area (Å²) >= 11 is 0. The van der Waals surface area contributed by atoms with E-state index in [0.29, 0.717) is 0 Å². The highest BCUT2D eigenvalue weighted by Gasteiger charge is 2.22. The fourth-order valence-corrected chi connectivity index (χ4v) is 2.84. The molecule has 2 fully saturated rings.